The predicted octanol–water partition coefficient (Wildman–Crippen LogP) is 23.1. The normalized spacial score (nSPS) is 25.8. The molecule has 13 fully saturated rings. The number of pyridine rings is 4. The molecule has 0 unspecified atom stereocenters. The summed E-state index contributed by atoms with van der Waals surface area (Å²) in [6.07, 6.45) is 37.4. The summed E-state index contributed by atoms with van der Waals surface area (Å²) in [7, 11) is 0. The molecule has 704 valence electrons. The SMILES string of the molecule is C[C@H]1C2CCC(CC2)[C@@H]1Cc1nc(-c2[nH]nc3ncc(Cl)cc23)nc(-n2cccc2)c1F.C[C@H]1C2CCC(CC2)[C@@H]1Cc1nc(-c2[nH]nc3ncc(Cl)cc23)nc(-n2ccnc2)c1F.C[C@H]1C2CCC(CC2)[C@@H]1Cc1nc(-c2[nH]nc3ncc(Cl)cc23)nc(N2CCC(F)(F)CC2)c1F.C[C@H]1C2CCC(CC2)[C@@H]1Cc1nc(-c2[nH]nc3ncc(Cl)cc23)nc(N2CCc3ccccc3C2)c1F. The Labute approximate surface area is 801 Å². The maximum Gasteiger partial charge on any atom is 0.251 e. The highest BCUT2D eigenvalue weighted by molar-refractivity contribution is 6.32. The number of nitrogens with one attached hydrogen (secondary N) is 4. The van der Waals surface area contributed by atoms with Crippen LogP contribution in [0.25, 0.3) is 102 Å². The zero-order valence-electron chi connectivity index (χ0n) is 76.0. The number of aromatic nitrogens is 23. The van der Waals surface area contributed by atoms with Gasteiger partial charge in [-0.15, -0.1) is 0 Å². The fraction of sp³-hybridized carbons (Fsp3) is 0.475. The van der Waals surface area contributed by atoms with E-state index in [0.29, 0.717) is 238 Å². The third-order valence-corrected chi connectivity index (χ3v) is 33.7. The minimum Gasteiger partial charge on any atom is -0.354 e. The Balaban J connectivity index is 0.000000105. The molecule has 136 heavy (non-hydrogen) atoms. The van der Waals surface area contributed by atoms with Gasteiger partial charge in [0.2, 0.25) is 0 Å². The molecule has 35 heteroatoms. The molecule has 14 aliphatic rings. The van der Waals surface area contributed by atoms with E-state index in [4.69, 9.17) is 66.3 Å². The summed E-state index contributed by atoms with van der Waals surface area (Å²) in [5, 5.41) is 33.8. The first-order chi connectivity index (χ1) is 66.0. The summed E-state index contributed by atoms with van der Waals surface area (Å²) in [5.41, 5.74) is 8.67. The molecule has 0 spiro atoms. The van der Waals surface area contributed by atoms with Gasteiger partial charge in [-0.25, -0.2) is 91.1 Å². The molecule has 12 aliphatic carbocycles. The molecule has 25 nitrogen and oxygen atoms in total. The Bertz CT molecular complexity index is 6700. The Morgan fingerprint density at radius 1 is 0.360 bits per heavy atom. The summed E-state index contributed by atoms with van der Waals surface area (Å²) in [6.45, 7) is 10.7. The lowest BCUT2D eigenvalue weighted by atomic mass is 9.58. The van der Waals surface area contributed by atoms with Crippen molar-refractivity contribution in [3.63, 3.8) is 0 Å². The number of aromatic amines is 4. The van der Waals surface area contributed by atoms with Gasteiger partial charge >= 0.3 is 0 Å². The van der Waals surface area contributed by atoms with Gasteiger partial charge in [-0.05, 0) is 277 Å². The second-order valence-corrected chi connectivity index (χ2v) is 41.7. The van der Waals surface area contributed by atoms with Crippen LogP contribution in [0.1, 0.15) is 177 Å². The van der Waals surface area contributed by atoms with Crippen molar-refractivity contribution in [3.8, 4) is 57.7 Å². The van der Waals surface area contributed by atoms with Crippen molar-refractivity contribution in [1.82, 2.24) is 115 Å². The minimum atomic E-state index is -2.73. The van der Waals surface area contributed by atoms with Gasteiger partial charge in [0, 0.05) is 88.6 Å². The number of rotatable bonds is 16. The van der Waals surface area contributed by atoms with E-state index in [-0.39, 0.29) is 66.7 Å². The molecular weight excluding hydrogens is 1820 g/mol. The van der Waals surface area contributed by atoms with Crippen LogP contribution in [0.2, 0.25) is 20.1 Å². The van der Waals surface area contributed by atoms with Gasteiger partial charge in [0.25, 0.3) is 5.92 Å². The maximum absolute atomic E-state index is 16.3. The third-order valence-electron chi connectivity index (χ3n) is 32.9. The molecule has 2 aliphatic heterocycles. The van der Waals surface area contributed by atoms with Crippen LogP contribution in [0.3, 0.4) is 0 Å². The van der Waals surface area contributed by atoms with Crippen molar-refractivity contribution < 1.29 is 26.3 Å². The molecule has 8 bridgehead atoms. The fourth-order valence-electron chi connectivity index (χ4n) is 25.2. The van der Waals surface area contributed by atoms with Crippen LogP contribution in [0.5, 0.6) is 0 Å². The molecule has 14 aromatic heterocycles. The second-order valence-electron chi connectivity index (χ2n) is 40.0. The first-order valence-corrected chi connectivity index (χ1v) is 49.8. The first kappa shape index (κ1) is 90.0. The highest BCUT2D eigenvalue weighted by Crippen LogP contribution is 2.55. The minimum absolute atomic E-state index is 0.0431. The van der Waals surface area contributed by atoms with Crippen molar-refractivity contribution in [2.24, 2.45) is 94.7 Å². The van der Waals surface area contributed by atoms with Crippen molar-refractivity contribution >= 4 is 102 Å². The number of anilines is 2. The number of imidazole rings is 1. The number of piperidine rings is 1. The molecule has 0 amide bonds. The third kappa shape index (κ3) is 17.5. The zero-order chi connectivity index (χ0) is 93.1. The molecule has 1 aromatic carbocycles. The summed E-state index contributed by atoms with van der Waals surface area (Å²) in [5.74, 6) is 7.59. The number of hydrogen-bond acceptors (Lipinski definition) is 19. The van der Waals surface area contributed by atoms with Crippen LogP contribution in [0.4, 0.5) is 38.0 Å². The van der Waals surface area contributed by atoms with Crippen molar-refractivity contribution in [2.75, 3.05) is 29.4 Å². The van der Waals surface area contributed by atoms with Gasteiger partial charge in [0.1, 0.15) is 29.1 Å². The van der Waals surface area contributed by atoms with Crippen molar-refractivity contribution in [2.45, 2.75) is 188 Å². The van der Waals surface area contributed by atoms with Gasteiger partial charge in [-0.1, -0.05) is 98.4 Å². The number of fused-ring (bicyclic) bond motifs is 17. The van der Waals surface area contributed by atoms with E-state index in [9.17, 15) is 8.78 Å². The molecule has 12 saturated carbocycles. The van der Waals surface area contributed by atoms with Crippen LogP contribution in [0.15, 0.2) is 117 Å². The van der Waals surface area contributed by atoms with E-state index in [2.05, 4.69) is 136 Å². The van der Waals surface area contributed by atoms with E-state index in [1.165, 1.54) is 120 Å². The number of H-pyrrole nitrogens is 4. The summed E-state index contributed by atoms with van der Waals surface area (Å²) in [6, 6.07) is 19.2. The van der Waals surface area contributed by atoms with E-state index in [0.717, 1.165) is 34.9 Å². The van der Waals surface area contributed by atoms with Crippen LogP contribution < -0.4 is 9.80 Å². The molecule has 4 N–H and O–H groups in total. The van der Waals surface area contributed by atoms with E-state index in [1.54, 1.807) is 81.9 Å². The van der Waals surface area contributed by atoms with Crippen LogP contribution >= 0.6 is 46.4 Å². The fourth-order valence-corrected chi connectivity index (χ4v) is 25.9. The number of benzene rings is 1. The maximum atomic E-state index is 16.3. The standard InChI is InChI=1S/C29H30ClFN6.C25H28ClF3N6.C24H24ClFN6.C23H23ClFN7/c1-16-17-6-8-19(9-7-17)22(16)13-24-25(31)29(37-11-10-18-4-2-3-5-20(18)15-37)34-28(33-24)26-23-12-21(30)14-32-27(23)36-35-26;1-13-14-2-4-15(5-3-14)17(13)11-19-20(27)24(35-8-6-25(28,29)7-9-35)32-23(31-19)21-18-10-16(26)12-30-22(18)34-33-21;1-13-14-4-6-15(7-5-14)17(13)11-19-20(26)24(32-8-2-3-9-32)29-23(28-19)21-18-10-16(25)12-27-22(18)31-30-21;1-12-13-2-4-14(5-3-13)16(12)9-18-19(25)23(32-7-6-26-11-32)29-22(28-18)20-17-8-15(24)10-27-21(17)31-30-20/h2-5,12,14,16-17,19,22H,6-11,13,15H2,1H3,(H,32,35,36);10,12-15,17H,2-9,11H2,1H3,(H,30,33,34);2-3,8-10,12-15,17H,4-7,11H2,1H3,(H,27,30,31);6-8,10-14,16H,2-5,9H2,1H3,(H,27,30,31)/t16-,17?,19?,22+;2*13-,14?,15?,17+;12-,13?,14?,16+/m0000/s1. The number of hydrogen-bond donors (Lipinski definition) is 4. The highest BCUT2D eigenvalue weighted by atomic mass is 35.5. The monoisotopic (exact) mass is 1920 g/mol. The van der Waals surface area contributed by atoms with Gasteiger partial charge in [-0.3, -0.25) is 25.0 Å². The molecule has 15 aromatic rings. The first-order valence-electron chi connectivity index (χ1n) is 48.3. The predicted molar refractivity (Wildman–Crippen MR) is 511 cm³/mol. The Morgan fingerprint density at radius 2 is 0.669 bits per heavy atom. The molecular formula is C101H105Cl4F6N25. The number of halogens is 10. The second kappa shape index (κ2) is 37.3. The summed E-state index contributed by atoms with van der Waals surface area (Å²) < 4.78 is 94.7. The Morgan fingerprint density at radius 3 is 1.00 bits per heavy atom. The summed E-state index contributed by atoms with van der Waals surface area (Å²) in [4.78, 5) is 62.3. The van der Waals surface area contributed by atoms with Crippen LogP contribution in [-0.4, -0.2) is 140 Å². The van der Waals surface area contributed by atoms with Gasteiger partial charge in [0.05, 0.1) is 64.4 Å². The van der Waals surface area contributed by atoms with Crippen molar-refractivity contribution in [3.05, 3.63) is 194 Å². The molecule has 0 radical (unpaired) electrons. The summed E-state index contributed by atoms with van der Waals surface area (Å²) >= 11 is 24.8. The highest BCUT2D eigenvalue weighted by Gasteiger charge is 2.47. The average molecular weight is 1920 g/mol. The molecule has 29 rings (SSSR count). The van der Waals surface area contributed by atoms with Crippen LogP contribution in [-0.2, 0) is 38.6 Å². The van der Waals surface area contributed by atoms with E-state index >= 15 is 17.6 Å². The average Bonchev–Trinajstić information content (AvgIpc) is 1.42. The molecule has 8 atom stereocenters. The van der Waals surface area contributed by atoms with Gasteiger partial charge in [0.15, 0.2) is 92.4 Å². The van der Waals surface area contributed by atoms with Gasteiger partial charge < -0.3 is 14.4 Å². The van der Waals surface area contributed by atoms with Crippen LogP contribution in [0, 0.1) is 118 Å². The number of alkyl halides is 2. The quantitative estimate of drug-likeness (QED) is 0.0653. The number of nitrogens with zero attached hydrogens (tertiary/aromatic N) is 21. The van der Waals surface area contributed by atoms with E-state index in [1.807, 2.05) is 24.3 Å². The van der Waals surface area contributed by atoms with E-state index < -0.39 is 11.7 Å². The topological polar surface area (TPSA) is 299 Å². The Kier molecular flexibility index (Phi) is 24.7. The molecule has 16 heterocycles. The smallest absolute Gasteiger partial charge is 0.251 e. The van der Waals surface area contributed by atoms with Crippen molar-refractivity contribution in [1.29, 1.82) is 0 Å². The molecule has 1 saturated heterocycles. The lowest BCUT2D eigenvalue weighted by Gasteiger charge is -2.47. The largest absolute Gasteiger partial charge is 0.354 e. The Hall–Kier alpha value is -11.2. The zero-order valence-corrected chi connectivity index (χ0v) is 79.0. The lowest BCUT2D eigenvalue weighted by molar-refractivity contribution is -0.0222. The van der Waals surface area contributed by atoms with Gasteiger partial charge in [-0.2, -0.15) is 20.4 Å². The lowest BCUT2D eigenvalue weighted by Crippen LogP contribution is -2.41.